The van der Waals surface area contributed by atoms with Crippen LogP contribution < -0.4 is 10.1 Å². The fourth-order valence-corrected chi connectivity index (χ4v) is 1.64. The largest absolute Gasteiger partial charge is 0.494 e. The lowest BCUT2D eigenvalue weighted by atomic mass is 10.2. The van der Waals surface area contributed by atoms with Crippen molar-refractivity contribution in [3.8, 4) is 17.1 Å². The quantitative estimate of drug-likeness (QED) is 0.877. The molecule has 1 aromatic carbocycles. The molecule has 0 aliphatic rings. The number of hydrogen-bond acceptors (Lipinski definition) is 4. The maximum Gasteiger partial charge on any atom is 0.161 e. The standard InChI is InChI=1S/C14H17N3O/c1-3-15-13-9-10-16-14(17-13)11-5-7-12(8-6-11)18-4-2/h5-10H,3-4H2,1-2H3,(H,15,16,17). The van der Waals surface area contributed by atoms with Crippen LogP contribution in [-0.2, 0) is 0 Å². The average molecular weight is 243 g/mol. The van der Waals surface area contributed by atoms with Crippen molar-refractivity contribution in [2.45, 2.75) is 13.8 Å². The van der Waals surface area contributed by atoms with E-state index in [1.165, 1.54) is 0 Å². The Balaban J connectivity index is 2.22. The number of ether oxygens (including phenoxy) is 1. The van der Waals surface area contributed by atoms with Crippen LogP contribution in [0.25, 0.3) is 11.4 Å². The van der Waals surface area contributed by atoms with Gasteiger partial charge < -0.3 is 10.1 Å². The summed E-state index contributed by atoms with van der Waals surface area (Å²) in [7, 11) is 0. The van der Waals surface area contributed by atoms with E-state index in [0.29, 0.717) is 6.61 Å². The number of anilines is 1. The molecule has 0 unspecified atom stereocenters. The van der Waals surface area contributed by atoms with Gasteiger partial charge >= 0.3 is 0 Å². The van der Waals surface area contributed by atoms with Gasteiger partial charge in [-0.3, -0.25) is 0 Å². The van der Waals surface area contributed by atoms with Crippen LogP contribution in [0.5, 0.6) is 5.75 Å². The van der Waals surface area contributed by atoms with Crippen LogP contribution in [0, 0.1) is 0 Å². The fraction of sp³-hybridized carbons (Fsp3) is 0.286. The molecule has 0 saturated carbocycles. The molecule has 18 heavy (non-hydrogen) atoms. The molecule has 0 aliphatic heterocycles. The van der Waals surface area contributed by atoms with Crippen LogP contribution in [0.4, 0.5) is 5.82 Å². The minimum Gasteiger partial charge on any atom is -0.494 e. The van der Waals surface area contributed by atoms with E-state index in [2.05, 4.69) is 15.3 Å². The Bertz CT molecular complexity index is 497. The summed E-state index contributed by atoms with van der Waals surface area (Å²) in [4.78, 5) is 8.72. The molecule has 1 heterocycles. The molecule has 0 bridgehead atoms. The highest BCUT2D eigenvalue weighted by molar-refractivity contribution is 5.57. The summed E-state index contributed by atoms with van der Waals surface area (Å²) in [6.07, 6.45) is 1.76. The summed E-state index contributed by atoms with van der Waals surface area (Å²) in [5, 5.41) is 3.17. The van der Waals surface area contributed by atoms with Crippen molar-refractivity contribution in [3.63, 3.8) is 0 Å². The smallest absolute Gasteiger partial charge is 0.161 e. The van der Waals surface area contributed by atoms with Gasteiger partial charge in [0.2, 0.25) is 0 Å². The first kappa shape index (κ1) is 12.4. The highest BCUT2D eigenvalue weighted by atomic mass is 16.5. The molecule has 2 aromatic rings. The van der Waals surface area contributed by atoms with Crippen molar-refractivity contribution >= 4 is 5.82 Å². The highest BCUT2D eigenvalue weighted by Crippen LogP contribution is 2.20. The van der Waals surface area contributed by atoms with Gasteiger partial charge in [-0.1, -0.05) is 0 Å². The first-order valence-corrected chi connectivity index (χ1v) is 6.13. The van der Waals surface area contributed by atoms with E-state index in [4.69, 9.17) is 4.74 Å². The van der Waals surface area contributed by atoms with Crippen LogP contribution >= 0.6 is 0 Å². The van der Waals surface area contributed by atoms with E-state index in [0.717, 1.165) is 29.5 Å². The Kier molecular flexibility index (Phi) is 4.12. The summed E-state index contributed by atoms with van der Waals surface area (Å²) < 4.78 is 5.41. The molecule has 0 fully saturated rings. The van der Waals surface area contributed by atoms with E-state index in [1.54, 1.807) is 6.20 Å². The molecule has 1 aromatic heterocycles. The van der Waals surface area contributed by atoms with Crippen LogP contribution in [0.1, 0.15) is 13.8 Å². The first-order valence-electron chi connectivity index (χ1n) is 6.13. The summed E-state index contributed by atoms with van der Waals surface area (Å²) in [5.74, 6) is 2.43. The predicted molar refractivity (Wildman–Crippen MR) is 72.8 cm³/mol. The Morgan fingerprint density at radius 1 is 1.11 bits per heavy atom. The molecule has 0 saturated heterocycles. The van der Waals surface area contributed by atoms with Crippen LogP contribution in [0.3, 0.4) is 0 Å². The molecule has 4 nitrogen and oxygen atoms in total. The normalized spacial score (nSPS) is 10.1. The monoisotopic (exact) mass is 243 g/mol. The molecule has 0 radical (unpaired) electrons. The van der Waals surface area contributed by atoms with Crippen LogP contribution in [0.15, 0.2) is 36.5 Å². The van der Waals surface area contributed by atoms with Gasteiger partial charge in [0, 0.05) is 18.3 Å². The SMILES string of the molecule is CCNc1ccnc(-c2ccc(OCC)cc2)n1. The Hall–Kier alpha value is -2.10. The predicted octanol–water partition coefficient (Wildman–Crippen LogP) is 2.97. The highest BCUT2D eigenvalue weighted by Gasteiger charge is 2.02. The number of nitrogens with zero attached hydrogens (tertiary/aromatic N) is 2. The second-order valence-corrected chi connectivity index (χ2v) is 3.75. The summed E-state index contributed by atoms with van der Waals surface area (Å²) in [5.41, 5.74) is 0.984. The van der Waals surface area contributed by atoms with Gasteiger partial charge in [-0.2, -0.15) is 0 Å². The van der Waals surface area contributed by atoms with E-state index >= 15 is 0 Å². The van der Waals surface area contributed by atoms with Gasteiger partial charge in [-0.25, -0.2) is 9.97 Å². The van der Waals surface area contributed by atoms with Gasteiger partial charge in [0.1, 0.15) is 11.6 Å². The van der Waals surface area contributed by atoms with E-state index in [9.17, 15) is 0 Å². The number of rotatable bonds is 5. The first-order chi connectivity index (χ1) is 8.83. The van der Waals surface area contributed by atoms with Crippen molar-refractivity contribution < 1.29 is 4.74 Å². The Morgan fingerprint density at radius 2 is 1.89 bits per heavy atom. The molecule has 0 amide bonds. The van der Waals surface area contributed by atoms with Gasteiger partial charge in [-0.05, 0) is 44.2 Å². The number of nitrogens with one attached hydrogen (secondary N) is 1. The molecular weight excluding hydrogens is 226 g/mol. The second kappa shape index (κ2) is 6.00. The maximum atomic E-state index is 5.41. The summed E-state index contributed by atoms with van der Waals surface area (Å²) >= 11 is 0. The molecule has 2 rings (SSSR count). The summed E-state index contributed by atoms with van der Waals surface area (Å²) in [6.45, 7) is 5.53. The molecule has 0 spiro atoms. The lowest BCUT2D eigenvalue weighted by Crippen LogP contribution is -2.00. The average Bonchev–Trinajstić information content (AvgIpc) is 2.41. The van der Waals surface area contributed by atoms with Crippen molar-refractivity contribution in [2.24, 2.45) is 0 Å². The molecule has 94 valence electrons. The number of aromatic nitrogens is 2. The van der Waals surface area contributed by atoms with Gasteiger partial charge in [0.25, 0.3) is 0 Å². The topological polar surface area (TPSA) is 47.0 Å². The van der Waals surface area contributed by atoms with Gasteiger partial charge in [-0.15, -0.1) is 0 Å². The van der Waals surface area contributed by atoms with Crippen molar-refractivity contribution in [2.75, 3.05) is 18.5 Å². The van der Waals surface area contributed by atoms with Crippen molar-refractivity contribution in [1.29, 1.82) is 0 Å². The minimum absolute atomic E-state index is 0.672. The fourth-order valence-electron chi connectivity index (χ4n) is 1.64. The Labute approximate surface area is 107 Å². The Morgan fingerprint density at radius 3 is 2.56 bits per heavy atom. The van der Waals surface area contributed by atoms with Crippen LogP contribution in [-0.4, -0.2) is 23.1 Å². The van der Waals surface area contributed by atoms with Crippen LogP contribution in [0.2, 0.25) is 0 Å². The zero-order valence-corrected chi connectivity index (χ0v) is 10.7. The van der Waals surface area contributed by atoms with E-state index < -0.39 is 0 Å². The minimum atomic E-state index is 0.672. The van der Waals surface area contributed by atoms with Crippen molar-refractivity contribution in [1.82, 2.24) is 9.97 Å². The summed E-state index contributed by atoms with van der Waals surface area (Å²) in [6, 6.07) is 9.66. The zero-order chi connectivity index (χ0) is 12.8. The molecule has 1 N–H and O–H groups in total. The van der Waals surface area contributed by atoms with Gasteiger partial charge in [0.05, 0.1) is 6.61 Å². The lowest BCUT2D eigenvalue weighted by molar-refractivity contribution is 0.340. The van der Waals surface area contributed by atoms with Crippen molar-refractivity contribution in [3.05, 3.63) is 36.5 Å². The maximum absolute atomic E-state index is 5.41. The molecule has 0 aliphatic carbocycles. The third-order valence-electron chi connectivity index (χ3n) is 2.44. The second-order valence-electron chi connectivity index (χ2n) is 3.75. The molecular formula is C14H17N3O. The third kappa shape index (κ3) is 2.97. The van der Waals surface area contributed by atoms with Gasteiger partial charge in [0.15, 0.2) is 5.82 Å². The van der Waals surface area contributed by atoms with E-state index in [-0.39, 0.29) is 0 Å². The lowest BCUT2D eigenvalue weighted by Gasteiger charge is -2.06. The third-order valence-corrected chi connectivity index (χ3v) is 2.44. The number of benzene rings is 1. The molecule has 0 atom stereocenters. The zero-order valence-electron chi connectivity index (χ0n) is 10.7. The van der Waals surface area contributed by atoms with E-state index in [1.807, 2.05) is 44.2 Å². The molecule has 4 heteroatoms. The number of hydrogen-bond donors (Lipinski definition) is 1.